The summed E-state index contributed by atoms with van der Waals surface area (Å²) < 4.78 is 49.7. The van der Waals surface area contributed by atoms with Crippen molar-refractivity contribution in [2.45, 2.75) is 42.9 Å². The van der Waals surface area contributed by atoms with Crippen LogP contribution >= 0.6 is 24.8 Å². The monoisotopic (exact) mass is 568 g/mol. The van der Waals surface area contributed by atoms with E-state index in [2.05, 4.69) is 16.3 Å². The summed E-state index contributed by atoms with van der Waals surface area (Å²) in [6, 6.07) is 11.0. The fourth-order valence-corrected chi connectivity index (χ4v) is 5.52. The molecule has 4 aromatic rings. The molecule has 0 spiro atoms. The highest BCUT2D eigenvalue weighted by atomic mass is 35.5. The van der Waals surface area contributed by atoms with Gasteiger partial charge in [-0.1, -0.05) is 30.3 Å². The van der Waals surface area contributed by atoms with Gasteiger partial charge in [-0.25, -0.2) is 4.98 Å². The molecule has 1 unspecified atom stereocenters. The van der Waals surface area contributed by atoms with Crippen LogP contribution in [0.3, 0.4) is 0 Å². The molecule has 2 atom stereocenters. The SMILES string of the molecule is COCC1(c2cccc3ccc(-c4nnc5ccc([C@@H](N6CCC(N)C6)C(F)(F)F)cn45)nc23)CC1.Cl.Cl. The van der Waals surface area contributed by atoms with Crippen molar-refractivity contribution >= 4 is 41.4 Å². The van der Waals surface area contributed by atoms with Gasteiger partial charge in [0, 0.05) is 43.2 Å². The zero-order chi connectivity index (χ0) is 25.1. The third kappa shape index (κ3) is 4.96. The number of alkyl halides is 3. The van der Waals surface area contributed by atoms with E-state index in [0.29, 0.717) is 36.7 Å². The van der Waals surface area contributed by atoms with Crippen molar-refractivity contribution in [2.24, 2.45) is 5.73 Å². The van der Waals surface area contributed by atoms with Gasteiger partial charge in [0.2, 0.25) is 0 Å². The predicted molar refractivity (Wildman–Crippen MR) is 144 cm³/mol. The number of hydrogen-bond donors (Lipinski definition) is 1. The number of methoxy groups -OCH3 is 1. The fourth-order valence-electron chi connectivity index (χ4n) is 5.52. The molecule has 7 nitrogen and oxygen atoms in total. The first-order valence-electron chi connectivity index (χ1n) is 12.1. The van der Waals surface area contributed by atoms with E-state index in [1.165, 1.54) is 17.2 Å². The van der Waals surface area contributed by atoms with Crippen molar-refractivity contribution in [3.8, 4) is 11.5 Å². The Balaban J connectivity index is 0.00000168. The number of pyridine rings is 2. The Morgan fingerprint density at radius 2 is 1.89 bits per heavy atom. The number of ether oxygens (including phenoxy) is 1. The third-order valence-corrected chi connectivity index (χ3v) is 7.47. The molecule has 0 radical (unpaired) electrons. The summed E-state index contributed by atoms with van der Waals surface area (Å²) in [4.78, 5) is 6.34. The van der Waals surface area contributed by atoms with Crippen molar-refractivity contribution in [3.05, 3.63) is 59.8 Å². The zero-order valence-corrected chi connectivity index (χ0v) is 22.3. The molecule has 0 bridgehead atoms. The van der Waals surface area contributed by atoms with Crippen LogP contribution in [-0.2, 0) is 10.2 Å². The number of rotatable bonds is 6. The molecule has 38 heavy (non-hydrogen) atoms. The quantitative estimate of drug-likeness (QED) is 0.348. The molecule has 1 saturated heterocycles. The van der Waals surface area contributed by atoms with E-state index in [4.69, 9.17) is 15.5 Å². The predicted octanol–water partition coefficient (Wildman–Crippen LogP) is 5.10. The molecule has 204 valence electrons. The molecule has 2 aliphatic rings. The standard InChI is InChI=1S/C26H27F3N6O.2ClH/c1-36-15-25(10-11-25)19-4-2-3-16-5-7-20(31-22(16)19)24-33-32-21-8-6-17(13-35(21)24)23(26(27,28)29)34-12-9-18(30)14-34;;/h2-8,13,18,23H,9-12,14-15,30H2,1H3;2*1H/t18?,23-;;/m1../s1. The lowest BCUT2D eigenvalue weighted by atomic mass is 9.94. The number of hydrogen-bond acceptors (Lipinski definition) is 6. The topological polar surface area (TPSA) is 81.6 Å². The van der Waals surface area contributed by atoms with E-state index in [0.717, 1.165) is 29.3 Å². The minimum absolute atomic E-state index is 0. The van der Waals surface area contributed by atoms with Crippen LogP contribution in [-0.4, -0.2) is 63.5 Å². The molecule has 1 aromatic carbocycles. The summed E-state index contributed by atoms with van der Waals surface area (Å²) in [5, 5.41) is 9.49. The number of nitrogens with zero attached hydrogens (tertiary/aromatic N) is 5. The minimum Gasteiger partial charge on any atom is -0.384 e. The van der Waals surface area contributed by atoms with E-state index in [1.807, 2.05) is 24.3 Å². The van der Waals surface area contributed by atoms with E-state index in [1.54, 1.807) is 17.6 Å². The number of nitrogens with two attached hydrogens (primary N) is 1. The molecule has 12 heteroatoms. The average Bonchev–Trinajstić information content (AvgIpc) is 3.31. The number of benzene rings is 1. The summed E-state index contributed by atoms with van der Waals surface area (Å²) in [5.74, 6) is 0.402. The number of halogens is 5. The van der Waals surface area contributed by atoms with Crippen LogP contribution in [0.2, 0.25) is 0 Å². The van der Waals surface area contributed by atoms with Crippen LogP contribution < -0.4 is 5.73 Å². The Hall–Kier alpha value is -2.50. The molecule has 1 saturated carbocycles. The van der Waals surface area contributed by atoms with Gasteiger partial charge in [0.15, 0.2) is 11.5 Å². The molecule has 2 fully saturated rings. The van der Waals surface area contributed by atoms with Crippen LogP contribution in [0.4, 0.5) is 13.2 Å². The Morgan fingerprint density at radius 1 is 1.11 bits per heavy atom. The maximum Gasteiger partial charge on any atom is 0.408 e. The maximum absolute atomic E-state index is 14.2. The first kappa shape index (κ1) is 28.5. The molecule has 4 heterocycles. The van der Waals surface area contributed by atoms with Crippen molar-refractivity contribution in [1.82, 2.24) is 24.5 Å². The van der Waals surface area contributed by atoms with Crippen LogP contribution in [0, 0.1) is 0 Å². The van der Waals surface area contributed by atoms with Gasteiger partial charge in [-0.05, 0) is 42.5 Å². The minimum atomic E-state index is -4.44. The Bertz CT molecular complexity index is 1440. The van der Waals surface area contributed by atoms with Crippen molar-refractivity contribution in [1.29, 1.82) is 0 Å². The van der Waals surface area contributed by atoms with E-state index >= 15 is 0 Å². The molecular weight excluding hydrogens is 540 g/mol. The van der Waals surface area contributed by atoms with Crippen LogP contribution in [0.5, 0.6) is 0 Å². The summed E-state index contributed by atoms with van der Waals surface area (Å²) in [7, 11) is 1.70. The highest BCUT2D eigenvalue weighted by Crippen LogP contribution is 2.50. The van der Waals surface area contributed by atoms with E-state index in [9.17, 15) is 13.2 Å². The molecule has 0 amide bonds. The van der Waals surface area contributed by atoms with Gasteiger partial charge in [-0.3, -0.25) is 9.30 Å². The largest absolute Gasteiger partial charge is 0.408 e. The molecule has 3 aromatic heterocycles. The maximum atomic E-state index is 14.2. The highest BCUT2D eigenvalue weighted by Gasteiger charge is 2.47. The second-order valence-electron chi connectivity index (χ2n) is 9.99. The summed E-state index contributed by atoms with van der Waals surface area (Å²) in [6.07, 6.45) is -0.357. The van der Waals surface area contributed by atoms with E-state index in [-0.39, 0.29) is 48.4 Å². The van der Waals surface area contributed by atoms with Gasteiger partial charge in [-0.15, -0.1) is 35.0 Å². The molecule has 6 rings (SSSR count). The van der Waals surface area contributed by atoms with Gasteiger partial charge in [0.25, 0.3) is 0 Å². The molecule has 1 aliphatic carbocycles. The highest BCUT2D eigenvalue weighted by molar-refractivity contribution is 5.86. The summed E-state index contributed by atoms with van der Waals surface area (Å²) in [5.41, 5.74) is 9.00. The first-order valence-corrected chi connectivity index (χ1v) is 12.1. The normalized spacial score (nSPS) is 19.8. The Morgan fingerprint density at radius 3 is 2.55 bits per heavy atom. The lowest BCUT2D eigenvalue weighted by molar-refractivity contribution is -0.183. The van der Waals surface area contributed by atoms with Gasteiger partial charge in [0.05, 0.1) is 12.1 Å². The summed E-state index contributed by atoms with van der Waals surface area (Å²) in [6.45, 7) is 1.13. The molecule has 1 aliphatic heterocycles. The second kappa shape index (κ2) is 10.6. The molecular formula is C26H29Cl2F3N6O. The van der Waals surface area contributed by atoms with Crippen LogP contribution in [0.1, 0.15) is 36.4 Å². The van der Waals surface area contributed by atoms with Gasteiger partial charge >= 0.3 is 6.18 Å². The fraction of sp³-hybridized carbons (Fsp3) is 0.423. The van der Waals surface area contributed by atoms with Crippen molar-refractivity contribution < 1.29 is 17.9 Å². The summed E-state index contributed by atoms with van der Waals surface area (Å²) >= 11 is 0. The van der Waals surface area contributed by atoms with Gasteiger partial charge in [0.1, 0.15) is 11.7 Å². The number of likely N-dealkylation sites (tertiary alicyclic amines) is 1. The lowest BCUT2D eigenvalue weighted by Gasteiger charge is -2.30. The van der Waals surface area contributed by atoms with Gasteiger partial charge < -0.3 is 10.5 Å². The van der Waals surface area contributed by atoms with Crippen LogP contribution in [0.15, 0.2) is 48.7 Å². The zero-order valence-electron chi connectivity index (χ0n) is 20.7. The van der Waals surface area contributed by atoms with E-state index < -0.39 is 12.2 Å². The van der Waals surface area contributed by atoms with Crippen molar-refractivity contribution in [2.75, 3.05) is 26.8 Å². The second-order valence-corrected chi connectivity index (χ2v) is 9.99. The Labute approximate surface area is 230 Å². The lowest BCUT2D eigenvalue weighted by Crippen LogP contribution is -2.38. The third-order valence-electron chi connectivity index (χ3n) is 7.47. The number of aromatic nitrogens is 4. The van der Waals surface area contributed by atoms with Crippen LogP contribution in [0.25, 0.3) is 28.1 Å². The Kier molecular flexibility index (Phi) is 7.94. The van der Waals surface area contributed by atoms with Crippen molar-refractivity contribution in [3.63, 3.8) is 0 Å². The average molecular weight is 569 g/mol. The number of para-hydroxylation sites is 1. The number of fused-ring (bicyclic) bond motifs is 2. The molecule has 2 N–H and O–H groups in total. The first-order chi connectivity index (χ1) is 17.3. The smallest absolute Gasteiger partial charge is 0.384 e. The van der Waals surface area contributed by atoms with Gasteiger partial charge in [-0.2, -0.15) is 13.2 Å².